The molecule has 2 aromatic heterocycles. The number of aromatic nitrogens is 3. The number of hydrogen-bond acceptors (Lipinski definition) is 7. The molecular formula is C38H46N4O5. The fourth-order valence-electron chi connectivity index (χ4n) is 6.61. The first-order chi connectivity index (χ1) is 22.2. The van der Waals surface area contributed by atoms with Crippen LogP contribution in [0.2, 0.25) is 0 Å². The molecule has 0 amide bonds. The van der Waals surface area contributed by atoms with Gasteiger partial charge in [-0.1, -0.05) is 30.3 Å². The second kappa shape index (κ2) is 12.4. The van der Waals surface area contributed by atoms with Crippen LogP contribution in [0.4, 0.5) is 5.82 Å². The molecule has 248 valence electrons. The highest BCUT2D eigenvalue weighted by molar-refractivity contribution is 5.81. The highest BCUT2D eigenvalue weighted by Crippen LogP contribution is 2.40. The van der Waals surface area contributed by atoms with Crippen molar-refractivity contribution in [2.45, 2.75) is 91.6 Å². The van der Waals surface area contributed by atoms with Gasteiger partial charge in [-0.05, 0) is 103 Å². The summed E-state index contributed by atoms with van der Waals surface area (Å²) < 4.78 is 21.0. The molecule has 3 aliphatic heterocycles. The van der Waals surface area contributed by atoms with E-state index in [1.807, 2.05) is 65.0 Å². The summed E-state index contributed by atoms with van der Waals surface area (Å²) in [5.74, 6) is 0.455. The first-order valence-corrected chi connectivity index (χ1v) is 16.5. The molecule has 1 fully saturated rings. The summed E-state index contributed by atoms with van der Waals surface area (Å²) in [7, 11) is 0. The molecule has 0 radical (unpaired) electrons. The van der Waals surface area contributed by atoms with Crippen molar-refractivity contribution in [3.05, 3.63) is 77.0 Å². The Morgan fingerprint density at radius 2 is 1.81 bits per heavy atom. The van der Waals surface area contributed by atoms with Crippen molar-refractivity contribution < 1.29 is 24.1 Å². The third-order valence-corrected chi connectivity index (χ3v) is 9.28. The van der Waals surface area contributed by atoms with Crippen LogP contribution >= 0.6 is 0 Å². The van der Waals surface area contributed by atoms with Gasteiger partial charge in [-0.3, -0.25) is 0 Å². The number of carbonyl (C=O) groups is 1. The van der Waals surface area contributed by atoms with E-state index in [4.69, 9.17) is 24.3 Å². The van der Waals surface area contributed by atoms with Crippen LogP contribution in [0, 0.1) is 20.8 Å². The predicted octanol–water partition coefficient (Wildman–Crippen LogP) is 7.64. The van der Waals surface area contributed by atoms with Gasteiger partial charge in [-0.2, -0.15) is 9.61 Å². The third kappa shape index (κ3) is 6.64. The maximum Gasteiger partial charge on any atom is 0.337 e. The predicted molar refractivity (Wildman–Crippen MR) is 184 cm³/mol. The van der Waals surface area contributed by atoms with Gasteiger partial charge in [0.1, 0.15) is 17.7 Å². The number of piperidine rings is 1. The Morgan fingerprint density at radius 3 is 2.51 bits per heavy atom. The minimum atomic E-state index is -1.22. The molecule has 3 aliphatic rings. The molecule has 0 unspecified atom stereocenters. The zero-order valence-electron chi connectivity index (χ0n) is 28.8. The van der Waals surface area contributed by atoms with Crippen LogP contribution in [0.25, 0.3) is 28.0 Å². The lowest BCUT2D eigenvalue weighted by Gasteiger charge is -2.41. The van der Waals surface area contributed by atoms with E-state index in [0.29, 0.717) is 42.4 Å². The zero-order chi connectivity index (χ0) is 33.7. The van der Waals surface area contributed by atoms with Gasteiger partial charge in [-0.15, -0.1) is 0 Å². The van der Waals surface area contributed by atoms with Gasteiger partial charge in [0.2, 0.25) is 0 Å². The molecule has 1 saturated heterocycles. The number of anilines is 1. The van der Waals surface area contributed by atoms with Crippen LogP contribution in [0.15, 0.2) is 54.6 Å². The number of ether oxygens (including phenoxy) is 3. The second-order valence-electron chi connectivity index (χ2n) is 14.1. The number of rotatable bonds is 3. The van der Waals surface area contributed by atoms with Crippen molar-refractivity contribution >= 4 is 17.4 Å². The molecule has 9 heteroatoms. The summed E-state index contributed by atoms with van der Waals surface area (Å²) >= 11 is 0. The Morgan fingerprint density at radius 1 is 1.09 bits per heavy atom. The van der Waals surface area contributed by atoms with Crippen LogP contribution in [0.3, 0.4) is 0 Å². The third-order valence-electron chi connectivity index (χ3n) is 9.28. The van der Waals surface area contributed by atoms with E-state index in [1.165, 1.54) is 5.56 Å². The lowest BCUT2D eigenvalue weighted by atomic mass is 9.92. The largest absolute Gasteiger partial charge is 0.486 e. The summed E-state index contributed by atoms with van der Waals surface area (Å²) in [4.78, 5) is 19.9. The van der Waals surface area contributed by atoms with Crippen LogP contribution in [-0.4, -0.2) is 62.7 Å². The van der Waals surface area contributed by atoms with Crippen LogP contribution in [-0.2, 0) is 14.3 Å². The van der Waals surface area contributed by atoms with E-state index < -0.39 is 17.7 Å². The molecular weight excluding hydrogens is 592 g/mol. The average Bonchev–Trinajstić information content (AvgIpc) is 3.43. The number of hydrogen-bond donors (Lipinski definition) is 1. The summed E-state index contributed by atoms with van der Waals surface area (Å²) in [5.41, 5.74) is 6.82. The highest BCUT2D eigenvalue weighted by atomic mass is 16.5. The smallest absolute Gasteiger partial charge is 0.337 e. The van der Waals surface area contributed by atoms with Crippen LogP contribution in [0.5, 0.6) is 5.75 Å². The Kier molecular flexibility index (Phi) is 8.65. The number of aliphatic carboxylic acids is 1. The fraction of sp³-hybridized carbons (Fsp3) is 0.447. The molecule has 7 rings (SSSR count). The normalized spacial score (nSPS) is 21.4. The van der Waals surface area contributed by atoms with Gasteiger partial charge in [0.15, 0.2) is 11.8 Å². The van der Waals surface area contributed by atoms with E-state index in [9.17, 15) is 9.90 Å². The Hall–Kier alpha value is -4.21. The zero-order valence-corrected chi connectivity index (χ0v) is 28.8. The Bertz CT molecular complexity index is 1850. The number of carboxylic acid groups (broad SMARTS) is 1. The standard InChI is InChI=1S/C38H46N4O5/c1-23-14-15-30-32(25(23)3)28-13-9-12-27(21-28)29-22-31-39-26(4)33(34(36(43)44)47-37(5,6)7)35(42(31)40-29)41-18-16-38(8,17-19-41)45-20-10-11-24(2)46-30/h9-15,21-22,24,34H,16-20H2,1-8H3,(H,43,44)/b11-10+/t24-,34-/m0/s1. The molecule has 0 spiro atoms. The van der Waals surface area contributed by atoms with Gasteiger partial charge in [0, 0.05) is 36.0 Å². The number of fused-ring (bicyclic) bond motifs is 6. The van der Waals surface area contributed by atoms with Crippen molar-refractivity contribution in [1.82, 2.24) is 14.6 Å². The van der Waals surface area contributed by atoms with E-state index >= 15 is 0 Å². The quantitative estimate of drug-likeness (QED) is 0.229. The van der Waals surface area contributed by atoms with Gasteiger partial charge < -0.3 is 24.2 Å². The Labute approximate surface area is 277 Å². The van der Waals surface area contributed by atoms with Gasteiger partial charge in [-0.25, -0.2) is 9.78 Å². The molecule has 0 aliphatic carbocycles. The molecule has 2 atom stereocenters. The maximum absolute atomic E-state index is 12.8. The summed E-state index contributed by atoms with van der Waals surface area (Å²) in [6.07, 6.45) is 4.24. The van der Waals surface area contributed by atoms with Gasteiger partial charge in [0.25, 0.3) is 0 Å². The summed E-state index contributed by atoms with van der Waals surface area (Å²) in [5, 5.41) is 15.6. The van der Waals surface area contributed by atoms with Gasteiger partial charge >= 0.3 is 5.97 Å². The number of aryl methyl sites for hydroxylation is 2. The first kappa shape index (κ1) is 32.7. The summed E-state index contributed by atoms with van der Waals surface area (Å²) in [6.45, 7) is 17.7. The van der Waals surface area contributed by atoms with E-state index in [1.54, 1.807) is 4.52 Å². The molecule has 2 aromatic carbocycles. The minimum absolute atomic E-state index is 0.153. The second-order valence-corrected chi connectivity index (χ2v) is 14.1. The molecule has 5 heterocycles. The highest BCUT2D eigenvalue weighted by Gasteiger charge is 2.38. The molecule has 47 heavy (non-hydrogen) atoms. The van der Waals surface area contributed by atoms with Crippen LogP contribution < -0.4 is 9.64 Å². The van der Waals surface area contributed by atoms with E-state index in [2.05, 4.69) is 49.9 Å². The van der Waals surface area contributed by atoms with Crippen molar-refractivity contribution in [3.63, 3.8) is 0 Å². The number of carboxylic acids is 1. The maximum atomic E-state index is 12.8. The number of nitrogens with zero attached hydrogens (tertiary/aromatic N) is 4. The molecule has 1 N–H and O–H groups in total. The van der Waals surface area contributed by atoms with Crippen molar-refractivity contribution in [2.24, 2.45) is 0 Å². The molecule has 6 bridgehead atoms. The van der Waals surface area contributed by atoms with E-state index in [-0.39, 0.29) is 11.7 Å². The lowest BCUT2D eigenvalue weighted by molar-refractivity contribution is -0.160. The summed E-state index contributed by atoms with van der Waals surface area (Å²) in [6, 6.07) is 14.4. The van der Waals surface area contributed by atoms with E-state index in [0.717, 1.165) is 46.5 Å². The Balaban J connectivity index is 1.58. The first-order valence-electron chi connectivity index (χ1n) is 16.5. The average molecular weight is 639 g/mol. The monoisotopic (exact) mass is 638 g/mol. The van der Waals surface area contributed by atoms with Crippen LogP contribution in [0.1, 0.15) is 75.9 Å². The molecule has 4 aromatic rings. The topological polar surface area (TPSA) is 98.4 Å². The van der Waals surface area contributed by atoms with Crippen molar-refractivity contribution in [2.75, 3.05) is 24.6 Å². The lowest BCUT2D eigenvalue weighted by Crippen LogP contribution is -2.45. The van der Waals surface area contributed by atoms with Crippen molar-refractivity contribution in [3.8, 4) is 28.1 Å². The number of benzene rings is 2. The molecule has 9 nitrogen and oxygen atoms in total. The fourth-order valence-corrected chi connectivity index (χ4v) is 6.61. The SMILES string of the molecule is Cc1ccc2c(c1C)-c1cccc(c1)-c1cc3nc(C)c([C@H](OC(C)(C)C)C(=O)O)c(n3n1)N1CCC(C)(CC1)OC/C=C/[C@H](C)O2. The van der Waals surface area contributed by atoms with Gasteiger partial charge in [0.05, 0.1) is 29.1 Å². The molecule has 0 saturated carbocycles. The minimum Gasteiger partial charge on any atom is -0.486 e. The van der Waals surface area contributed by atoms with Crippen molar-refractivity contribution in [1.29, 1.82) is 0 Å².